The van der Waals surface area contributed by atoms with Gasteiger partial charge in [0.15, 0.2) is 0 Å². The molecule has 1 aliphatic rings. The fourth-order valence-corrected chi connectivity index (χ4v) is 4.93. The highest BCUT2D eigenvalue weighted by Gasteiger charge is 2.36. The molecule has 0 spiro atoms. The molecule has 1 aliphatic carbocycles. The number of halogens is 1. The molecule has 3 rings (SSSR count). The minimum atomic E-state index is -0.771. The molecule has 0 saturated heterocycles. The molecule has 1 saturated carbocycles. The van der Waals surface area contributed by atoms with E-state index in [2.05, 4.69) is 0 Å². The van der Waals surface area contributed by atoms with Crippen LogP contribution in [0.1, 0.15) is 79.3 Å². The summed E-state index contributed by atoms with van der Waals surface area (Å²) in [7, 11) is 0. The maximum Gasteiger partial charge on any atom is 0.338 e. The minimum Gasteiger partial charge on any atom is -0.493 e. The van der Waals surface area contributed by atoms with Gasteiger partial charge in [0.1, 0.15) is 11.6 Å². The standard InChI is InChI=1S/C28H37FO4/c1-21-9-7-10-22(2)26(21)32-19-8-18-28(31)17-6-4-3-5-11-24(28)16-20-33-27(30)23-12-14-25(29)15-13-23/h7,9-10,12-15,24,31H,3-6,8,11,16-20H2,1-2H3. The van der Waals surface area contributed by atoms with Crippen molar-refractivity contribution in [3.8, 4) is 5.75 Å². The van der Waals surface area contributed by atoms with Crippen LogP contribution in [0.2, 0.25) is 0 Å². The summed E-state index contributed by atoms with van der Waals surface area (Å²) in [6.07, 6.45) is 8.20. The van der Waals surface area contributed by atoms with Crippen LogP contribution in [0.4, 0.5) is 4.39 Å². The number of hydrogen-bond donors (Lipinski definition) is 1. The molecule has 0 heterocycles. The van der Waals surface area contributed by atoms with Gasteiger partial charge in [0, 0.05) is 0 Å². The Hall–Kier alpha value is -2.40. The van der Waals surface area contributed by atoms with E-state index in [4.69, 9.17) is 9.47 Å². The first kappa shape index (κ1) is 25.2. The van der Waals surface area contributed by atoms with Crippen LogP contribution in [0.5, 0.6) is 5.75 Å². The summed E-state index contributed by atoms with van der Waals surface area (Å²) in [5, 5.41) is 11.6. The number of esters is 1. The second-order valence-electron chi connectivity index (χ2n) is 9.36. The maximum atomic E-state index is 13.1. The predicted octanol–water partition coefficient (Wildman–Crippen LogP) is 6.55. The monoisotopic (exact) mass is 456 g/mol. The SMILES string of the molecule is Cc1cccc(C)c1OCCCC1(O)CCCCCCC1CCOC(=O)c1ccc(F)cc1. The first-order chi connectivity index (χ1) is 15.9. The van der Waals surface area contributed by atoms with Gasteiger partial charge in [0.25, 0.3) is 0 Å². The summed E-state index contributed by atoms with van der Waals surface area (Å²) >= 11 is 0. The maximum absolute atomic E-state index is 13.1. The number of hydrogen-bond acceptors (Lipinski definition) is 4. The number of aliphatic hydroxyl groups is 1. The number of benzene rings is 2. The highest BCUT2D eigenvalue weighted by molar-refractivity contribution is 5.89. The van der Waals surface area contributed by atoms with Crippen molar-refractivity contribution in [1.82, 2.24) is 0 Å². The fourth-order valence-electron chi connectivity index (χ4n) is 4.93. The topological polar surface area (TPSA) is 55.8 Å². The molecular weight excluding hydrogens is 419 g/mol. The van der Waals surface area contributed by atoms with Gasteiger partial charge in [-0.25, -0.2) is 9.18 Å². The lowest BCUT2D eigenvalue weighted by molar-refractivity contribution is -0.0556. The van der Waals surface area contributed by atoms with Crippen molar-refractivity contribution in [2.75, 3.05) is 13.2 Å². The van der Waals surface area contributed by atoms with Crippen molar-refractivity contribution >= 4 is 5.97 Å². The Morgan fingerprint density at radius 2 is 1.73 bits per heavy atom. The molecule has 0 bridgehead atoms. The van der Waals surface area contributed by atoms with Crippen LogP contribution >= 0.6 is 0 Å². The number of aryl methyl sites for hydroxylation is 2. The summed E-state index contributed by atoms with van der Waals surface area (Å²) < 4.78 is 24.6. The van der Waals surface area contributed by atoms with Crippen molar-refractivity contribution in [1.29, 1.82) is 0 Å². The van der Waals surface area contributed by atoms with E-state index >= 15 is 0 Å². The number of para-hydroxylation sites is 1. The summed E-state index contributed by atoms with van der Waals surface area (Å²) in [5.74, 6) is 0.185. The van der Waals surface area contributed by atoms with Crippen molar-refractivity contribution in [3.05, 3.63) is 65.0 Å². The molecule has 1 fully saturated rings. The van der Waals surface area contributed by atoms with E-state index in [1.807, 2.05) is 32.0 Å². The third-order valence-corrected chi connectivity index (χ3v) is 6.86. The molecule has 5 heteroatoms. The Balaban J connectivity index is 1.53. The summed E-state index contributed by atoms with van der Waals surface area (Å²) in [5.41, 5.74) is 1.82. The lowest BCUT2D eigenvalue weighted by Crippen LogP contribution is -2.40. The van der Waals surface area contributed by atoms with Gasteiger partial charge < -0.3 is 14.6 Å². The van der Waals surface area contributed by atoms with Crippen LogP contribution in [0.3, 0.4) is 0 Å². The number of carbonyl (C=O) groups is 1. The highest BCUT2D eigenvalue weighted by Crippen LogP contribution is 2.37. The zero-order valence-electron chi connectivity index (χ0n) is 19.9. The van der Waals surface area contributed by atoms with Crippen LogP contribution in [0, 0.1) is 25.6 Å². The van der Waals surface area contributed by atoms with Crippen molar-refractivity contribution in [2.24, 2.45) is 5.92 Å². The van der Waals surface area contributed by atoms with Gasteiger partial charge in [-0.15, -0.1) is 0 Å². The number of carbonyl (C=O) groups excluding carboxylic acids is 1. The van der Waals surface area contributed by atoms with Gasteiger partial charge in [-0.05, 0) is 87.3 Å². The van der Waals surface area contributed by atoms with E-state index in [1.54, 1.807) is 0 Å². The molecular formula is C28H37FO4. The molecule has 2 aromatic carbocycles. The Morgan fingerprint density at radius 1 is 1.03 bits per heavy atom. The van der Waals surface area contributed by atoms with Crippen LogP contribution < -0.4 is 4.74 Å². The van der Waals surface area contributed by atoms with E-state index in [-0.39, 0.29) is 18.3 Å². The predicted molar refractivity (Wildman–Crippen MR) is 128 cm³/mol. The Kier molecular flexibility index (Phi) is 9.30. The molecule has 2 atom stereocenters. The minimum absolute atomic E-state index is 0.0824. The molecule has 0 radical (unpaired) electrons. The summed E-state index contributed by atoms with van der Waals surface area (Å²) in [6.45, 7) is 4.92. The van der Waals surface area contributed by atoms with Gasteiger partial charge in [-0.1, -0.05) is 43.9 Å². The Bertz CT molecular complexity index is 875. The second-order valence-corrected chi connectivity index (χ2v) is 9.36. The first-order valence-corrected chi connectivity index (χ1v) is 12.2. The lowest BCUT2D eigenvalue weighted by Gasteiger charge is -2.38. The van der Waals surface area contributed by atoms with Gasteiger partial charge >= 0.3 is 5.97 Å². The molecule has 0 aromatic heterocycles. The van der Waals surface area contributed by atoms with Crippen molar-refractivity contribution < 1.29 is 23.8 Å². The Labute approximate surface area is 197 Å². The molecule has 0 aliphatic heterocycles. The van der Waals surface area contributed by atoms with E-state index in [0.717, 1.165) is 55.4 Å². The van der Waals surface area contributed by atoms with Crippen molar-refractivity contribution in [2.45, 2.75) is 77.2 Å². The quantitative estimate of drug-likeness (QED) is 0.343. The van der Waals surface area contributed by atoms with E-state index in [1.165, 1.54) is 30.7 Å². The number of ether oxygens (including phenoxy) is 2. The highest BCUT2D eigenvalue weighted by atomic mass is 19.1. The fraction of sp³-hybridized carbons (Fsp3) is 0.536. The third-order valence-electron chi connectivity index (χ3n) is 6.86. The molecule has 180 valence electrons. The van der Waals surface area contributed by atoms with Crippen LogP contribution in [0.25, 0.3) is 0 Å². The average Bonchev–Trinajstić information content (AvgIpc) is 2.78. The van der Waals surface area contributed by atoms with Gasteiger partial charge in [-0.2, -0.15) is 0 Å². The molecule has 2 unspecified atom stereocenters. The molecule has 0 amide bonds. The van der Waals surface area contributed by atoms with Gasteiger partial charge in [0.2, 0.25) is 0 Å². The second kappa shape index (κ2) is 12.2. The normalized spacial score (nSPS) is 21.2. The van der Waals surface area contributed by atoms with Gasteiger partial charge in [-0.3, -0.25) is 0 Å². The van der Waals surface area contributed by atoms with E-state index in [9.17, 15) is 14.3 Å². The number of rotatable bonds is 9. The molecule has 33 heavy (non-hydrogen) atoms. The third kappa shape index (κ3) is 7.29. The van der Waals surface area contributed by atoms with Crippen molar-refractivity contribution in [3.63, 3.8) is 0 Å². The van der Waals surface area contributed by atoms with Crippen LogP contribution in [-0.4, -0.2) is 29.9 Å². The molecule has 4 nitrogen and oxygen atoms in total. The summed E-state index contributed by atoms with van der Waals surface area (Å²) in [6, 6.07) is 11.5. The lowest BCUT2D eigenvalue weighted by atomic mass is 9.74. The first-order valence-electron chi connectivity index (χ1n) is 12.2. The summed E-state index contributed by atoms with van der Waals surface area (Å²) in [4.78, 5) is 12.3. The van der Waals surface area contributed by atoms with E-state index in [0.29, 0.717) is 25.0 Å². The molecule has 1 N–H and O–H groups in total. The zero-order chi connectivity index (χ0) is 23.7. The smallest absolute Gasteiger partial charge is 0.338 e. The largest absolute Gasteiger partial charge is 0.493 e. The Morgan fingerprint density at radius 3 is 2.45 bits per heavy atom. The van der Waals surface area contributed by atoms with Gasteiger partial charge in [0.05, 0.1) is 24.4 Å². The van der Waals surface area contributed by atoms with E-state index < -0.39 is 11.6 Å². The van der Waals surface area contributed by atoms with Crippen LogP contribution in [0.15, 0.2) is 42.5 Å². The van der Waals surface area contributed by atoms with Crippen LogP contribution in [-0.2, 0) is 4.74 Å². The average molecular weight is 457 g/mol. The molecule has 2 aromatic rings. The zero-order valence-corrected chi connectivity index (χ0v) is 19.9.